The van der Waals surface area contributed by atoms with Crippen molar-refractivity contribution in [2.75, 3.05) is 20.1 Å². The molecule has 1 aromatic heterocycles. The molecule has 3 rings (SSSR count). The molecule has 0 unspecified atom stereocenters. The Morgan fingerprint density at radius 1 is 1.41 bits per heavy atom. The molecule has 0 spiro atoms. The van der Waals surface area contributed by atoms with Gasteiger partial charge in [-0.1, -0.05) is 12.5 Å². The fraction of sp³-hybridized carbons (Fsp3) is 0.714. The zero-order chi connectivity index (χ0) is 11.7. The molecule has 17 heavy (non-hydrogen) atoms. The Hall–Kier alpha value is -0.380. The predicted molar refractivity (Wildman–Crippen MR) is 73.3 cm³/mol. The van der Waals surface area contributed by atoms with E-state index in [2.05, 4.69) is 34.8 Å². The Bertz CT molecular complexity index is 349. The SMILES string of the molecule is CN(Cc1cccs1)[C@@H]1CCC[C@@H]2CNC[C@H]21. The van der Waals surface area contributed by atoms with E-state index in [0.717, 1.165) is 24.4 Å². The Labute approximate surface area is 108 Å². The van der Waals surface area contributed by atoms with Crippen LogP contribution >= 0.6 is 11.3 Å². The standard InChI is InChI=1S/C14H22N2S/c1-16(10-12-5-3-7-17-12)14-6-2-4-11-8-15-9-13(11)14/h3,5,7,11,13-15H,2,4,6,8-10H2,1H3/t11-,13-,14-/m1/s1. The minimum atomic E-state index is 0.797. The molecule has 0 bridgehead atoms. The third kappa shape index (κ3) is 2.42. The molecule has 3 heteroatoms. The molecule has 0 amide bonds. The molecule has 2 heterocycles. The molecule has 3 atom stereocenters. The lowest BCUT2D eigenvalue weighted by Crippen LogP contribution is -2.43. The molecule has 1 aliphatic carbocycles. The number of fused-ring (bicyclic) bond motifs is 1. The van der Waals surface area contributed by atoms with Crippen molar-refractivity contribution in [1.82, 2.24) is 10.2 Å². The minimum absolute atomic E-state index is 0.797. The van der Waals surface area contributed by atoms with Crippen LogP contribution in [0.4, 0.5) is 0 Å². The first-order valence-corrected chi connectivity index (χ1v) is 7.66. The van der Waals surface area contributed by atoms with Gasteiger partial charge in [0.1, 0.15) is 0 Å². The van der Waals surface area contributed by atoms with Crippen LogP contribution in [-0.2, 0) is 6.54 Å². The Morgan fingerprint density at radius 2 is 2.35 bits per heavy atom. The number of nitrogens with one attached hydrogen (secondary N) is 1. The zero-order valence-corrected chi connectivity index (χ0v) is 11.4. The molecule has 1 aromatic rings. The maximum Gasteiger partial charge on any atom is 0.0327 e. The average molecular weight is 250 g/mol. The fourth-order valence-corrected chi connectivity index (χ4v) is 4.40. The van der Waals surface area contributed by atoms with Gasteiger partial charge in [-0.05, 0) is 56.3 Å². The van der Waals surface area contributed by atoms with Crippen LogP contribution in [0.15, 0.2) is 17.5 Å². The lowest BCUT2D eigenvalue weighted by Gasteiger charge is -2.39. The van der Waals surface area contributed by atoms with Gasteiger partial charge in [-0.2, -0.15) is 0 Å². The molecule has 1 saturated heterocycles. The molecule has 1 N–H and O–H groups in total. The largest absolute Gasteiger partial charge is 0.316 e. The van der Waals surface area contributed by atoms with Crippen LogP contribution in [-0.4, -0.2) is 31.1 Å². The predicted octanol–water partition coefficient (Wildman–Crippen LogP) is 2.57. The van der Waals surface area contributed by atoms with Crippen molar-refractivity contribution in [2.24, 2.45) is 11.8 Å². The summed E-state index contributed by atoms with van der Waals surface area (Å²) in [4.78, 5) is 4.09. The van der Waals surface area contributed by atoms with E-state index in [1.807, 2.05) is 11.3 Å². The van der Waals surface area contributed by atoms with Crippen LogP contribution in [0.25, 0.3) is 0 Å². The summed E-state index contributed by atoms with van der Waals surface area (Å²) >= 11 is 1.88. The first kappa shape index (κ1) is 11.7. The van der Waals surface area contributed by atoms with E-state index in [-0.39, 0.29) is 0 Å². The van der Waals surface area contributed by atoms with Gasteiger partial charge in [0.2, 0.25) is 0 Å². The van der Waals surface area contributed by atoms with Gasteiger partial charge in [-0.3, -0.25) is 4.90 Å². The first-order valence-electron chi connectivity index (χ1n) is 6.78. The van der Waals surface area contributed by atoms with Gasteiger partial charge < -0.3 is 5.32 Å². The highest BCUT2D eigenvalue weighted by molar-refractivity contribution is 7.09. The monoisotopic (exact) mass is 250 g/mol. The first-order chi connectivity index (χ1) is 8.34. The van der Waals surface area contributed by atoms with Crippen LogP contribution in [0.2, 0.25) is 0 Å². The third-order valence-electron chi connectivity index (χ3n) is 4.51. The zero-order valence-electron chi connectivity index (χ0n) is 10.6. The summed E-state index contributed by atoms with van der Waals surface area (Å²) in [6.07, 6.45) is 4.26. The van der Waals surface area contributed by atoms with Crippen molar-refractivity contribution >= 4 is 11.3 Å². The summed E-state index contributed by atoms with van der Waals surface area (Å²) in [5.74, 6) is 1.84. The van der Waals surface area contributed by atoms with Crippen LogP contribution in [0.1, 0.15) is 24.1 Å². The summed E-state index contributed by atoms with van der Waals surface area (Å²) in [6.45, 7) is 3.63. The van der Waals surface area contributed by atoms with E-state index in [1.54, 1.807) is 0 Å². The lowest BCUT2D eigenvalue weighted by molar-refractivity contribution is 0.107. The number of rotatable bonds is 3. The Kier molecular flexibility index (Phi) is 3.50. The molecular formula is C14H22N2S. The molecular weight excluding hydrogens is 228 g/mol. The number of hydrogen-bond donors (Lipinski definition) is 1. The van der Waals surface area contributed by atoms with Crippen LogP contribution in [0.5, 0.6) is 0 Å². The molecule has 2 aliphatic rings. The van der Waals surface area contributed by atoms with Gasteiger partial charge in [0.15, 0.2) is 0 Å². The van der Waals surface area contributed by atoms with Gasteiger partial charge >= 0.3 is 0 Å². The topological polar surface area (TPSA) is 15.3 Å². The van der Waals surface area contributed by atoms with E-state index in [0.29, 0.717) is 0 Å². The Balaban J connectivity index is 1.66. The van der Waals surface area contributed by atoms with Gasteiger partial charge in [0.25, 0.3) is 0 Å². The molecule has 0 aromatic carbocycles. The molecule has 2 nitrogen and oxygen atoms in total. The average Bonchev–Trinajstić information content (AvgIpc) is 2.97. The van der Waals surface area contributed by atoms with Crippen LogP contribution < -0.4 is 5.32 Å². The lowest BCUT2D eigenvalue weighted by atomic mass is 9.77. The smallest absolute Gasteiger partial charge is 0.0327 e. The minimum Gasteiger partial charge on any atom is -0.316 e. The summed E-state index contributed by atoms with van der Waals surface area (Å²) < 4.78 is 0. The molecule has 0 radical (unpaired) electrons. The molecule has 2 fully saturated rings. The van der Waals surface area contributed by atoms with Gasteiger partial charge in [0.05, 0.1) is 0 Å². The van der Waals surface area contributed by atoms with E-state index < -0.39 is 0 Å². The second kappa shape index (κ2) is 5.09. The van der Waals surface area contributed by atoms with Crippen LogP contribution in [0.3, 0.4) is 0 Å². The summed E-state index contributed by atoms with van der Waals surface area (Å²) in [6, 6.07) is 5.22. The third-order valence-corrected chi connectivity index (χ3v) is 5.37. The van der Waals surface area contributed by atoms with Crippen molar-refractivity contribution < 1.29 is 0 Å². The molecule has 1 saturated carbocycles. The van der Waals surface area contributed by atoms with E-state index >= 15 is 0 Å². The van der Waals surface area contributed by atoms with Crippen LogP contribution in [0, 0.1) is 11.8 Å². The highest BCUT2D eigenvalue weighted by atomic mass is 32.1. The summed E-state index contributed by atoms with van der Waals surface area (Å²) in [7, 11) is 2.31. The molecule has 1 aliphatic heterocycles. The number of thiophene rings is 1. The summed E-state index contributed by atoms with van der Waals surface area (Å²) in [5, 5.41) is 5.77. The van der Waals surface area contributed by atoms with Crippen molar-refractivity contribution in [3.8, 4) is 0 Å². The maximum atomic E-state index is 3.58. The summed E-state index contributed by atoms with van der Waals surface area (Å²) in [5.41, 5.74) is 0. The number of hydrogen-bond acceptors (Lipinski definition) is 3. The van der Waals surface area contributed by atoms with Crippen molar-refractivity contribution in [2.45, 2.75) is 31.8 Å². The maximum absolute atomic E-state index is 3.58. The van der Waals surface area contributed by atoms with Crippen molar-refractivity contribution in [3.05, 3.63) is 22.4 Å². The van der Waals surface area contributed by atoms with E-state index in [9.17, 15) is 0 Å². The van der Waals surface area contributed by atoms with Gasteiger partial charge in [0, 0.05) is 17.5 Å². The highest BCUT2D eigenvalue weighted by Crippen LogP contribution is 2.35. The second-order valence-corrected chi connectivity index (χ2v) is 6.61. The van der Waals surface area contributed by atoms with Gasteiger partial charge in [-0.15, -0.1) is 11.3 Å². The van der Waals surface area contributed by atoms with Crippen molar-refractivity contribution in [1.29, 1.82) is 0 Å². The quantitative estimate of drug-likeness (QED) is 0.887. The fourth-order valence-electron chi connectivity index (χ4n) is 3.64. The van der Waals surface area contributed by atoms with E-state index in [1.165, 1.54) is 37.2 Å². The molecule has 94 valence electrons. The van der Waals surface area contributed by atoms with E-state index in [4.69, 9.17) is 0 Å². The second-order valence-electron chi connectivity index (χ2n) is 5.57. The normalized spacial score (nSPS) is 32.9. The highest BCUT2D eigenvalue weighted by Gasteiger charge is 2.38. The van der Waals surface area contributed by atoms with Gasteiger partial charge in [-0.25, -0.2) is 0 Å². The van der Waals surface area contributed by atoms with Crippen molar-refractivity contribution in [3.63, 3.8) is 0 Å². The number of nitrogens with zero attached hydrogens (tertiary/aromatic N) is 1. The Morgan fingerprint density at radius 3 is 3.18 bits per heavy atom.